The van der Waals surface area contributed by atoms with Gasteiger partial charge in [-0.3, -0.25) is 0 Å². The van der Waals surface area contributed by atoms with Crippen LogP contribution in [0.4, 0.5) is 0 Å². The van der Waals surface area contributed by atoms with E-state index in [4.69, 9.17) is 4.74 Å². The molecule has 2 rings (SSSR count). The van der Waals surface area contributed by atoms with E-state index in [1.165, 1.54) is 11.1 Å². The van der Waals surface area contributed by atoms with Crippen LogP contribution in [0.5, 0.6) is 5.75 Å². The molecule has 0 radical (unpaired) electrons. The first-order valence-electron chi connectivity index (χ1n) is 7.57. The van der Waals surface area contributed by atoms with E-state index in [2.05, 4.69) is 39.0 Å². The van der Waals surface area contributed by atoms with Gasteiger partial charge in [0.2, 0.25) is 0 Å². The number of ether oxygens (including phenoxy) is 1. The van der Waals surface area contributed by atoms with E-state index in [1.807, 2.05) is 24.3 Å². The Balaban J connectivity index is 2.17. The van der Waals surface area contributed by atoms with Crippen molar-refractivity contribution in [1.29, 1.82) is 0 Å². The third-order valence-corrected chi connectivity index (χ3v) is 3.45. The van der Waals surface area contributed by atoms with Gasteiger partial charge in [0.15, 0.2) is 0 Å². The lowest BCUT2D eigenvalue weighted by atomic mass is 9.98. The molecule has 2 heteroatoms. The van der Waals surface area contributed by atoms with Gasteiger partial charge < -0.3 is 9.84 Å². The molecular weight excluding hydrogens is 260 g/mol. The number of benzene rings is 2. The first-order chi connectivity index (χ1) is 10.1. The molecule has 1 N–H and O–H groups in total. The van der Waals surface area contributed by atoms with Crippen LogP contribution in [0.2, 0.25) is 0 Å². The number of hydrogen-bond donors (Lipinski definition) is 1. The van der Waals surface area contributed by atoms with Crippen molar-refractivity contribution >= 4 is 0 Å². The van der Waals surface area contributed by atoms with E-state index in [0.29, 0.717) is 13.0 Å². The number of aliphatic hydroxyl groups excluding tert-OH is 1. The van der Waals surface area contributed by atoms with Gasteiger partial charge in [-0.05, 0) is 31.9 Å². The van der Waals surface area contributed by atoms with Gasteiger partial charge in [0, 0.05) is 12.0 Å². The highest BCUT2D eigenvalue weighted by Crippen LogP contribution is 2.28. The summed E-state index contributed by atoms with van der Waals surface area (Å²) < 4.78 is 5.73. The van der Waals surface area contributed by atoms with Crippen LogP contribution in [-0.4, -0.2) is 11.7 Å². The molecule has 0 heterocycles. The summed E-state index contributed by atoms with van der Waals surface area (Å²) in [6, 6.07) is 14.2. The Labute approximate surface area is 127 Å². The molecule has 2 aromatic carbocycles. The fourth-order valence-electron chi connectivity index (χ4n) is 2.62. The first-order valence-corrected chi connectivity index (χ1v) is 7.57. The van der Waals surface area contributed by atoms with Gasteiger partial charge in [-0.1, -0.05) is 54.4 Å². The van der Waals surface area contributed by atoms with Gasteiger partial charge in [0.05, 0.1) is 12.7 Å². The Morgan fingerprint density at radius 3 is 2.38 bits per heavy atom. The molecule has 1 atom stereocenters. The summed E-state index contributed by atoms with van der Waals surface area (Å²) in [5, 5.41) is 10.6. The molecular formula is C19H24O2. The molecule has 0 aliphatic carbocycles. The molecule has 2 aromatic rings. The van der Waals surface area contributed by atoms with Crippen molar-refractivity contribution in [2.75, 3.05) is 6.61 Å². The summed E-state index contributed by atoms with van der Waals surface area (Å²) in [6.45, 7) is 6.92. The summed E-state index contributed by atoms with van der Waals surface area (Å²) >= 11 is 0. The summed E-state index contributed by atoms with van der Waals surface area (Å²) in [5.74, 6) is 0.788. The molecule has 21 heavy (non-hydrogen) atoms. The summed E-state index contributed by atoms with van der Waals surface area (Å²) in [5.41, 5.74) is 4.48. The van der Waals surface area contributed by atoms with Gasteiger partial charge in [0.1, 0.15) is 5.75 Å². The Hall–Kier alpha value is -1.80. The summed E-state index contributed by atoms with van der Waals surface area (Å²) in [6.07, 6.45) is 1.02. The number of rotatable bonds is 6. The Morgan fingerprint density at radius 1 is 1.05 bits per heavy atom. The van der Waals surface area contributed by atoms with Crippen LogP contribution >= 0.6 is 0 Å². The Kier molecular flexibility index (Phi) is 5.40. The number of para-hydroxylation sites is 1. The molecule has 0 aliphatic heterocycles. The average Bonchev–Trinajstić information content (AvgIpc) is 2.44. The van der Waals surface area contributed by atoms with E-state index < -0.39 is 6.10 Å². The van der Waals surface area contributed by atoms with Crippen LogP contribution in [0.3, 0.4) is 0 Å². The van der Waals surface area contributed by atoms with Crippen LogP contribution in [0.1, 0.15) is 41.7 Å². The maximum atomic E-state index is 10.6. The predicted molar refractivity (Wildman–Crippen MR) is 86.8 cm³/mol. The number of aliphatic hydroxyl groups is 1. The van der Waals surface area contributed by atoms with Gasteiger partial charge in [0.25, 0.3) is 0 Å². The van der Waals surface area contributed by atoms with Crippen LogP contribution in [0.15, 0.2) is 42.5 Å². The molecule has 1 unspecified atom stereocenters. The second-order valence-corrected chi connectivity index (χ2v) is 5.60. The topological polar surface area (TPSA) is 29.5 Å². The highest BCUT2D eigenvalue weighted by atomic mass is 16.5. The highest BCUT2D eigenvalue weighted by Gasteiger charge is 2.14. The minimum Gasteiger partial charge on any atom is -0.493 e. The fourth-order valence-corrected chi connectivity index (χ4v) is 2.62. The van der Waals surface area contributed by atoms with Crippen molar-refractivity contribution in [3.05, 3.63) is 64.7 Å². The van der Waals surface area contributed by atoms with Crippen molar-refractivity contribution in [3.8, 4) is 5.75 Å². The standard InChI is InChI=1S/C19H24O2/c1-4-9-21-19-8-6-5-7-17(19)18(20)13-16-11-14(2)10-15(3)12-16/h5-8,10-12,18,20H,4,9,13H2,1-3H3. The highest BCUT2D eigenvalue weighted by molar-refractivity contribution is 5.37. The third kappa shape index (κ3) is 4.33. The second kappa shape index (κ2) is 7.28. The van der Waals surface area contributed by atoms with E-state index in [0.717, 1.165) is 23.3 Å². The maximum Gasteiger partial charge on any atom is 0.125 e. The van der Waals surface area contributed by atoms with Gasteiger partial charge in [-0.15, -0.1) is 0 Å². The second-order valence-electron chi connectivity index (χ2n) is 5.60. The Bertz CT molecular complexity index is 570. The third-order valence-electron chi connectivity index (χ3n) is 3.45. The Morgan fingerprint density at radius 2 is 1.71 bits per heavy atom. The lowest BCUT2D eigenvalue weighted by molar-refractivity contribution is 0.171. The molecule has 0 spiro atoms. The quantitative estimate of drug-likeness (QED) is 0.853. The average molecular weight is 284 g/mol. The smallest absolute Gasteiger partial charge is 0.125 e. The van der Waals surface area contributed by atoms with Crippen molar-refractivity contribution in [3.63, 3.8) is 0 Å². The molecule has 0 amide bonds. The van der Waals surface area contributed by atoms with Crippen molar-refractivity contribution in [2.45, 2.75) is 39.7 Å². The summed E-state index contributed by atoms with van der Waals surface area (Å²) in [7, 11) is 0. The molecule has 0 bridgehead atoms. The van der Waals surface area contributed by atoms with E-state index in [9.17, 15) is 5.11 Å². The normalized spacial score (nSPS) is 12.2. The number of hydrogen-bond acceptors (Lipinski definition) is 2. The molecule has 2 nitrogen and oxygen atoms in total. The lowest BCUT2D eigenvalue weighted by Crippen LogP contribution is -2.06. The van der Waals surface area contributed by atoms with Gasteiger partial charge in [-0.2, -0.15) is 0 Å². The van der Waals surface area contributed by atoms with E-state index in [1.54, 1.807) is 0 Å². The zero-order valence-electron chi connectivity index (χ0n) is 13.1. The molecule has 0 fully saturated rings. The van der Waals surface area contributed by atoms with E-state index in [-0.39, 0.29) is 0 Å². The van der Waals surface area contributed by atoms with Crippen molar-refractivity contribution in [2.24, 2.45) is 0 Å². The minimum absolute atomic E-state index is 0.542. The SMILES string of the molecule is CCCOc1ccccc1C(O)Cc1cc(C)cc(C)c1. The monoisotopic (exact) mass is 284 g/mol. The fraction of sp³-hybridized carbons (Fsp3) is 0.368. The molecule has 0 saturated carbocycles. The van der Waals surface area contributed by atoms with Crippen LogP contribution in [-0.2, 0) is 6.42 Å². The van der Waals surface area contributed by atoms with Gasteiger partial charge in [-0.25, -0.2) is 0 Å². The number of aryl methyl sites for hydroxylation is 2. The maximum absolute atomic E-state index is 10.6. The molecule has 0 aliphatic rings. The molecule has 112 valence electrons. The minimum atomic E-state index is -0.542. The van der Waals surface area contributed by atoms with Crippen LogP contribution < -0.4 is 4.74 Å². The molecule has 0 saturated heterocycles. The first kappa shape index (κ1) is 15.6. The van der Waals surface area contributed by atoms with E-state index >= 15 is 0 Å². The van der Waals surface area contributed by atoms with Crippen molar-refractivity contribution in [1.82, 2.24) is 0 Å². The zero-order chi connectivity index (χ0) is 15.2. The molecule has 0 aromatic heterocycles. The zero-order valence-corrected chi connectivity index (χ0v) is 13.1. The van der Waals surface area contributed by atoms with Crippen LogP contribution in [0, 0.1) is 13.8 Å². The predicted octanol–water partition coefficient (Wildman–Crippen LogP) is 4.37. The van der Waals surface area contributed by atoms with Crippen LogP contribution in [0.25, 0.3) is 0 Å². The largest absolute Gasteiger partial charge is 0.493 e. The van der Waals surface area contributed by atoms with Crippen molar-refractivity contribution < 1.29 is 9.84 Å². The summed E-state index contributed by atoms with van der Waals surface area (Å²) in [4.78, 5) is 0. The van der Waals surface area contributed by atoms with Gasteiger partial charge >= 0.3 is 0 Å². The lowest BCUT2D eigenvalue weighted by Gasteiger charge is -2.16.